The van der Waals surface area contributed by atoms with Crippen LogP contribution < -0.4 is 10.6 Å². The molecule has 1 saturated heterocycles. The van der Waals surface area contributed by atoms with Gasteiger partial charge in [0.25, 0.3) is 0 Å². The maximum absolute atomic E-state index is 15.1. The lowest BCUT2D eigenvalue weighted by molar-refractivity contribution is 0.0203. The number of rotatable bonds is 6. The van der Waals surface area contributed by atoms with Gasteiger partial charge in [0, 0.05) is 44.5 Å². The molecule has 1 fully saturated rings. The first-order chi connectivity index (χ1) is 15.4. The molecule has 3 amide bonds. The molecule has 1 aromatic heterocycles. The number of aromatic nitrogens is 1. The lowest BCUT2D eigenvalue weighted by atomic mass is 10.1. The average Bonchev–Trinajstić information content (AvgIpc) is 2.78. The molecule has 0 radical (unpaired) electrons. The number of urea groups is 1. The van der Waals surface area contributed by atoms with Crippen LogP contribution in [0, 0.1) is 12.7 Å². The summed E-state index contributed by atoms with van der Waals surface area (Å²) >= 11 is 0. The quantitative estimate of drug-likeness (QED) is 0.710. The fourth-order valence-corrected chi connectivity index (χ4v) is 3.62. The van der Waals surface area contributed by atoms with Crippen molar-refractivity contribution in [3.05, 3.63) is 53.6 Å². The Hall–Kier alpha value is -3.24. The first kappa shape index (κ1) is 23.4. The summed E-state index contributed by atoms with van der Waals surface area (Å²) in [5.41, 5.74) is 1.87. The maximum Gasteiger partial charge on any atom is 0.409 e. The van der Waals surface area contributed by atoms with Crippen LogP contribution in [0.25, 0.3) is 0 Å². The van der Waals surface area contributed by atoms with Crippen LogP contribution >= 0.6 is 0 Å². The highest BCUT2D eigenvalue weighted by Crippen LogP contribution is 2.22. The molecule has 172 valence electrons. The second-order valence-corrected chi connectivity index (χ2v) is 7.55. The molecular formula is C22H28FN5O4. The summed E-state index contributed by atoms with van der Waals surface area (Å²) in [4.78, 5) is 32.0. The molecule has 2 heterocycles. The minimum Gasteiger partial charge on any atom is -0.453 e. The van der Waals surface area contributed by atoms with Gasteiger partial charge in [0.1, 0.15) is 0 Å². The highest BCUT2D eigenvalue weighted by molar-refractivity contribution is 5.99. The summed E-state index contributed by atoms with van der Waals surface area (Å²) in [6.45, 7) is 4.06. The van der Waals surface area contributed by atoms with E-state index in [9.17, 15) is 9.59 Å². The molecule has 1 aromatic carbocycles. The standard InChI is InChI=1S/C22H28FN5O4/c1-15-7-8-17(11-24-15)25-21(29)26-19-6-4-5-16(20(19)23)12-27-9-10-28(22(30)32-3)18(13-27)14-31-2/h4-8,11,18H,9-10,12-14H2,1-3H3,(H2,25,26,29)/t18-/m0/s1. The number of piperazine rings is 1. The summed E-state index contributed by atoms with van der Waals surface area (Å²) < 4.78 is 25.2. The number of nitrogens with one attached hydrogen (secondary N) is 2. The number of methoxy groups -OCH3 is 2. The summed E-state index contributed by atoms with van der Waals surface area (Å²) in [5.74, 6) is -0.497. The predicted octanol–water partition coefficient (Wildman–Crippen LogP) is 3.07. The number of halogens is 1. The fraction of sp³-hybridized carbons (Fsp3) is 0.409. The molecule has 0 unspecified atom stereocenters. The Balaban J connectivity index is 1.64. The molecule has 1 aliphatic rings. The number of anilines is 2. The number of hydrogen-bond donors (Lipinski definition) is 2. The van der Waals surface area contributed by atoms with Crippen molar-refractivity contribution in [2.45, 2.75) is 19.5 Å². The average molecular weight is 445 g/mol. The molecule has 0 bridgehead atoms. The van der Waals surface area contributed by atoms with Crippen LogP contribution in [-0.2, 0) is 16.0 Å². The molecule has 32 heavy (non-hydrogen) atoms. The van der Waals surface area contributed by atoms with E-state index in [1.165, 1.54) is 19.4 Å². The zero-order chi connectivity index (χ0) is 23.1. The second-order valence-electron chi connectivity index (χ2n) is 7.55. The molecule has 0 spiro atoms. The van der Waals surface area contributed by atoms with E-state index in [-0.39, 0.29) is 11.7 Å². The van der Waals surface area contributed by atoms with Crippen LogP contribution in [0.5, 0.6) is 0 Å². The zero-order valence-electron chi connectivity index (χ0n) is 18.4. The number of aryl methyl sites for hydroxylation is 1. The van der Waals surface area contributed by atoms with Crippen molar-refractivity contribution in [2.24, 2.45) is 0 Å². The van der Waals surface area contributed by atoms with Crippen LogP contribution in [0.15, 0.2) is 36.5 Å². The lowest BCUT2D eigenvalue weighted by Crippen LogP contribution is -2.56. The van der Waals surface area contributed by atoms with Gasteiger partial charge < -0.3 is 25.0 Å². The molecule has 2 N–H and O–H groups in total. The van der Waals surface area contributed by atoms with Gasteiger partial charge in [-0.2, -0.15) is 0 Å². The fourth-order valence-electron chi connectivity index (χ4n) is 3.62. The number of pyridine rings is 1. The third-order valence-electron chi connectivity index (χ3n) is 5.23. The largest absolute Gasteiger partial charge is 0.453 e. The van der Waals surface area contributed by atoms with Gasteiger partial charge in [-0.3, -0.25) is 9.88 Å². The normalized spacial score (nSPS) is 16.5. The number of ether oxygens (including phenoxy) is 2. The summed E-state index contributed by atoms with van der Waals surface area (Å²) in [5, 5.41) is 5.18. The predicted molar refractivity (Wildman–Crippen MR) is 118 cm³/mol. The van der Waals surface area contributed by atoms with Gasteiger partial charge in [0.15, 0.2) is 5.82 Å². The summed E-state index contributed by atoms with van der Waals surface area (Å²) in [6, 6.07) is 7.62. The van der Waals surface area contributed by atoms with Crippen LogP contribution in [0.1, 0.15) is 11.3 Å². The van der Waals surface area contributed by atoms with Gasteiger partial charge in [-0.25, -0.2) is 14.0 Å². The van der Waals surface area contributed by atoms with Crippen molar-refractivity contribution >= 4 is 23.5 Å². The van der Waals surface area contributed by atoms with E-state index >= 15 is 4.39 Å². The van der Waals surface area contributed by atoms with Gasteiger partial charge in [0.2, 0.25) is 0 Å². The third-order valence-corrected chi connectivity index (χ3v) is 5.23. The second kappa shape index (κ2) is 10.9. The molecule has 1 atom stereocenters. The number of carbonyl (C=O) groups excluding carboxylic acids is 2. The van der Waals surface area contributed by atoms with Crippen LogP contribution in [0.2, 0.25) is 0 Å². The van der Waals surface area contributed by atoms with E-state index < -0.39 is 17.9 Å². The van der Waals surface area contributed by atoms with E-state index in [2.05, 4.69) is 15.6 Å². The summed E-state index contributed by atoms with van der Waals surface area (Å²) in [6.07, 6.45) is 1.13. The van der Waals surface area contributed by atoms with Crippen molar-refractivity contribution in [2.75, 3.05) is 51.1 Å². The lowest BCUT2D eigenvalue weighted by Gasteiger charge is -2.40. The summed E-state index contributed by atoms with van der Waals surface area (Å²) in [7, 11) is 2.92. The first-order valence-electron chi connectivity index (χ1n) is 10.2. The first-order valence-corrected chi connectivity index (χ1v) is 10.2. The van der Waals surface area contributed by atoms with Crippen molar-refractivity contribution in [3.63, 3.8) is 0 Å². The van der Waals surface area contributed by atoms with Gasteiger partial charge >= 0.3 is 12.1 Å². The number of amides is 3. The van der Waals surface area contributed by atoms with Crippen LogP contribution in [0.4, 0.5) is 25.4 Å². The Labute approximate surface area is 186 Å². The molecule has 0 aliphatic carbocycles. The Bertz CT molecular complexity index is 940. The number of hydrogen-bond acceptors (Lipinski definition) is 6. The Morgan fingerprint density at radius 2 is 2.00 bits per heavy atom. The molecule has 10 heteroatoms. The topological polar surface area (TPSA) is 96.0 Å². The number of nitrogens with zero attached hydrogens (tertiary/aromatic N) is 3. The molecule has 9 nitrogen and oxygen atoms in total. The van der Waals surface area contributed by atoms with Gasteiger partial charge in [-0.05, 0) is 25.1 Å². The minimum absolute atomic E-state index is 0.0849. The van der Waals surface area contributed by atoms with E-state index in [4.69, 9.17) is 9.47 Å². The van der Waals surface area contributed by atoms with Gasteiger partial charge in [-0.1, -0.05) is 12.1 Å². The maximum atomic E-state index is 15.1. The van der Waals surface area contributed by atoms with E-state index in [0.717, 1.165) is 5.69 Å². The highest BCUT2D eigenvalue weighted by atomic mass is 19.1. The highest BCUT2D eigenvalue weighted by Gasteiger charge is 2.31. The minimum atomic E-state index is -0.557. The van der Waals surface area contributed by atoms with E-state index in [1.807, 2.05) is 11.8 Å². The molecule has 1 aliphatic heterocycles. The molecular weight excluding hydrogens is 417 g/mol. The molecule has 0 saturated carbocycles. The van der Waals surface area contributed by atoms with Gasteiger partial charge in [-0.15, -0.1) is 0 Å². The van der Waals surface area contributed by atoms with Crippen LogP contribution in [-0.4, -0.2) is 73.4 Å². The molecule has 2 aromatic rings. The van der Waals surface area contributed by atoms with E-state index in [1.54, 1.807) is 36.3 Å². The Morgan fingerprint density at radius 3 is 2.69 bits per heavy atom. The van der Waals surface area contributed by atoms with E-state index in [0.29, 0.717) is 44.0 Å². The molecule has 3 rings (SSSR count). The van der Waals surface area contributed by atoms with Crippen molar-refractivity contribution in [1.82, 2.24) is 14.8 Å². The van der Waals surface area contributed by atoms with Crippen molar-refractivity contribution in [3.8, 4) is 0 Å². The zero-order valence-corrected chi connectivity index (χ0v) is 18.4. The number of benzene rings is 1. The Kier molecular flexibility index (Phi) is 7.96. The Morgan fingerprint density at radius 1 is 1.19 bits per heavy atom. The van der Waals surface area contributed by atoms with Gasteiger partial charge in [0.05, 0.1) is 37.3 Å². The third kappa shape index (κ3) is 5.92. The monoisotopic (exact) mass is 445 g/mol. The van der Waals surface area contributed by atoms with Crippen molar-refractivity contribution < 1.29 is 23.5 Å². The number of carbonyl (C=O) groups is 2. The van der Waals surface area contributed by atoms with Crippen LogP contribution in [0.3, 0.4) is 0 Å². The smallest absolute Gasteiger partial charge is 0.409 e. The SMILES string of the molecule is COC[C@@H]1CN(Cc2cccc(NC(=O)Nc3ccc(C)nc3)c2F)CCN1C(=O)OC. The van der Waals surface area contributed by atoms with Crippen molar-refractivity contribution in [1.29, 1.82) is 0 Å².